The molecule has 20 heavy (non-hydrogen) atoms. The molecule has 1 aromatic heterocycles. The van der Waals surface area contributed by atoms with Crippen LogP contribution >= 0.6 is 0 Å². The summed E-state index contributed by atoms with van der Waals surface area (Å²) in [6.45, 7) is 3.67. The average Bonchev–Trinajstić information content (AvgIpc) is 2.84. The summed E-state index contributed by atoms with van der Waals surface area (Å²) in [5.41, 5.74) is 1.06. The first-order valence-corrected chi connectivity index (χ1v) is 6.42. The van der Waals surface area contributed by atoms with Crippen LogP contribution in [0.25, 0.3) is 0 Å². The molecule has 1 saturated heterocycles. The summed E-state index contributed by atoms with van der Waals surface area (Å²) in [5, 5.41) is 15.7. The third-order valence-corrected chi connectivity index (χ3v) is 3.01. The molecule has 0 aromatic carbocycles. The van der Waals surface area contributed by atoms with Gasteiger partial charge in [-0.3, -0.25) is 4.68 Å². The van der Waals surface area contributed by atoms with Gasteiger partial charge in [0.2, 0.25) is 0 Å². The average molecular weight is 282 g/mol. The summed E-state index contributed by atoms with van der Waals surface area (Å²) < 4.78 is 6.81. The third-order valence-electron chi connectivity index (χ3n) is 3.01. The lowest BCUT2D eigenvalue weighted by atomic mass is 10.3. The molecule has 2 N–H and O–H groups in total. The first kappa shape index (κ1) is 14.3. The van der Waals surface area contributed by atoms with Crippen LogP contribution in [0.2, 0.25) is 0 Å². The molecule has 2 amide bonds. The number of amides is 2. The highest BCUT2D eigenvalue weighted by molar-refractivity contribution is 5.77. The van der Waals surface area contributed by atoms with Crippen molar-refractivity contribution in [3.63, 3.8) is 0 Å². The quantitative estimate of drug-likeness (QED) is 0.789. The maximum Gasteiger partial charge on any atom is 0.334 e. The van der Waals surface area contributed by atoms with Gasteiger partial charge in [0.1, 0.15) is 0 Å². The number of hydrogen-bond acceptors (Lipinski definition) is 4. The van der Waals surface area contributed by atoms with E-state index >= 15 is 0 Å². The molecule has 1 unspecified atom stereocenters. The zero-order chi connectivity index (χ0) is 14.5. The number of rotatable bonds is 4. The van der Waals surface area contributed by atoms with Crippen LogP contribution in [-0.2, 0) is 16.1 Å². The Hall–Kier alpha value is -2.09. The predicted octanol–water partition coefficient (Wildman–Crippen LogP) is -0.313. The van der Waals surface area contributed by atoms with Crippen LogP contribution in [-0.4, -0.2) is 64.1 Å². The van der Waals surface area contributed by atoms with Gasteiger partial charge < -0.3 is 20.1 Å². The van der Waals surface area contributed by atoms with Gasteiger partial charge in [0.15, 0.2) is 6.10 Å². The fourth-order valence-electron chi connectivity index (χ4n) is 1.96. The zero-order valence-corrected chi connectivity index (χ0v) is 11.3. The highest BCUT2D eigenvalue weighted by Crippen LogP contribution is 2.05. The van der Waals surface area contributed by atoms with Gasteiger partial charge in [-0.05, 0) is 12.5 Å². The first-order chi connectivity index (χ1) is 9.56. The fraction of sp³-hybridized carbons (Fsp3) is 0.583. The lowest BCUT2D eigenvalue weighted by Gasteiger charge is -2.30. The van der Waals surface area contributed by atoms with Crippen molar-refractivity contribution in [2.24, 2.45) is 0 Å². The number of carbonyl (C=O) groups is 2. The molecular formula is C12H18N4O4. The molecule has 1 fully saturated rings. The number of carbonyl (C=O) groups excluding carboxylic acids is 1. The number of carboxylic acids is 1. The van der Waals surface area contributed by atoms with Gasteiger partial charge in [-0.15, -0.1) is 0 Å². The summed E-state index contributed by atoms with van der Waals surface area (Å²) in [5.74, 6) is -1.05. The second-order valence-corrected chi connectivity index (χ2v) is 4.66. The number of ether oxygens (including phenoxy) is 1. The van der Waals surface area contributed by atoms with Gasteiger partial charge in [0.25, 0.3) is 0 Å². The number of nitrogens with zero attached hydrogens (tertiary/aromatic N) is 3. The Morgan fingerprint density at radius 2 is 2.40 bits per heavy atom. The highest BCUT2D eigenvalue weighted by Gasteiger charge is 2.28. The van der Waals surface area contributed by atoms with Crippen LogP contribution < -0.4 is 5.32 Å². The zero-order valence-electron chi connectivity index (χ0n) is 11.3. The molecule has 2 rings (SSSR count). The van der Waals surface area contributed by atoms with E-state index in [0.29, 0.717) is 19.6 Å². The number of aliphatic carboxylic acids is 1. The van der Waals surface area contributed by atoms with E-state index in [4.69, 9.17) is 9.84 Å². The minimum absolute atomic E-state index is 0.0715. The van der Waals surface area contributed by atoms with Crippen molar-refractivity contribution in [2.45, 2.75) is 19.6 Å². The van der Waals surface area contributed by atoms with Crippen molar-refractivity contribution in [1.29, 1.82) is 0 Å². The van der Waals surface area contributed by atoms with Gasteiger partial charge in [-0.1, -0.05) is 0 Å². The summed E-state index contributed by atoms with van der Waals surface area (Å²) in [6, 6.07) is -0.275. The number of hydrogen-bond donors (Lipinski definition) is 2. The molecule has 1 aliphatic heterocycles. The predicted molar refractivity (Wildman–Crippen MR) is 69.3 cm³/mol. The van der Waals surface area contributed by atoms with Crippen molar-refractivity contribution in [1.82, 2.24) is 20.0 Å². The molecule has 2 heterocycles. The Morgan fingerprint density at radius 3 is 3.05 bits per heavy atom. The molecule has 0 spiro atoms. The number of aromatic nitrogens is 2. The standard InChI is InChI=1S/C12H18N4O4/c1-9-6-14-16(7-9)3-2-13-12(19)15-4-5-20-10(8-15)11(17)18/h6-7,10H,2-5,8H2,1H3,(H,13,19)(H,17,18). The maximum absolute atomic E-state index is 11.9. The molecule has 1 aliphatic rings. The van der Waals surface area contributed by atoms with Crippen LogP contribution in [0.3, 0.4) is 0 Å². The van der Waals surface area contributed by atoms with Crippen molar-refractivity contribution >= 4 is 12.0 Å². The summed E-state index contributed by atoms with van der Waals surface area (Å²) >= 11 is 0. The number of urea groups is 1. The van der Waals surface area contributed by atoms with Crippen LogP contribution in [0.4, 0.5) is 4.79 Å². The van der Waals surface area contributed by atoms with Gasteiger partial charge in [0, 0.05) is 19.3 Å². The number of carboxylic acid groups (broad SMARTS) is 1. The van der Waals surface area contributed by atoms with E-state index in [2.05, 4.69) is 10.4 Å². The second kappa shape index (κ2) is 6.38. The van der Waals surface area contributed by atoms with Crippen molar-refractivity contribution in [3.8, 4) is 0 Å². The van der Waals surface area contributed by atoms with Crippen LogP contribution in [0.15, 0.2) is 12.4 Å². The van der Waals surface area contributed by atoms with E-state index in [9.17, 15) is 9.59 Å². The number of morpholine rings is 1. The molecule has 8 heteroatoms. The molecular weight excluding hydrogens is 264 g/mol. The Morgan fingerprint density at radius 1 is 1.60 bits per heavy atom. The fourth-order valence-corrected chi connectivity index (χ4v) is 1.96. The molecule has 1 atom stereocenters. The molecule has 0 saturated carbocycles. The number of nitrogens with one attached hydrogen (secondary N) is 1. The molecule has 8 nitrogen and oxygen atoms in total. The lowest BCUT2D eigenvalue weighted by Crippen LogP contribution is -2.52. The largest absolute Gasteiger partial charge is 0.479 e. The SMILES string of the molecule is Cc1cnn(CCNC(=O)N2CCOC(C(=O)O)C2)c1. The summed E-state index contributed by atoms with van der Waals surface area (Å²) in [7, 11) is 0. The minimum atomic E-state index is -1.05. The Kier molecular flexibility index (Phi) is 4.57. The second-order valence-electron chi connectivity index (χ2n) is 4.66. The normalized spacial score (nSPS) is 18.9. The minimum Gasteiger partial charge on any atom is -0.479 e. The van der Waals surface area contributed by atoms with E-state index in [0.717, 1.165) is 5.56 Å². The van der Waals surface area contributed by atoms with Crippen molar-refractivity contribution in [3.05, 3.63) is 18.0 Å². The smallest absolute Gasteiger partial charge is 0.334 e. The summed E-state index contributed by atoms with van der Waals surface area (Å²) in [6.07, 6.45) is 2.70. The van der Waals surface area contributed by atoms with Crippen molar-refractivity contribution in [2.75, 3.05) is 26.2 Å². The van der Waals surface area contributed by atoms with E-state index in [1.165, 1.54) is 4.90 Å². The Bertz CT molecular complexity index is 488. The van der Waals surface area contributed by atoms with E-state index < -0.39 is 12.1 Å². The van der Waals surface area contributed by atoms with Crippen LogP contribution in [0, 0.1) is 6.92 Å². The lowest BCUT2D eigenvalue weighted by molar-refractivity contribution is -0.154. The highest BCUT2D eigenvalue weighted by atomic mass is 16.5. The van der Waals surface area contributed by atoms with Crippen molar-refractivity contribution < 1.29 is 19.4 Å². The van der Waals surface area contributed by atoms with Crippen LogP contribution in [0.1, 0.15) is 5.56 Å². The van der Waals surface area contributed by atoms with E-state index in [-0.39, 0.29) is 19.2 Å². The number of aryl methyl sites for hydroxylation is 1. The molecule has 0 aliphatic carbocycles. The Labute approximate surface area is 116 Å². The van der Waals surface area contributed by atoms with Gasteiger partial charge in [-0.2, -0.15) is 5.10 Å². The van der Waals surface area contributed by atoms with E-state index in [1.54, 1.807) is 10.9 Å². The van der Waals surface area contributed by atoms with Gasteiger partial charge >= 0.3 is 12.0 Å². The first-order valence-electron chi connectivity index (χ1n) is 6.42. The molecule has 0 bridgehead atoms. The molecule has 0 radical (unpaired) electrons. The molecule has 1 aromatic rings. The van der Waals surface area contributed by atoms with Crippen LogP contribution in [0.5, 0.6) is 0 Å². The van der Waals surface area contributed by atoms with E-state index in [1.807, 2.05) is 13.1 Å². The summed E-state index contributed by atoms with van der Waals surface area (Å²) in [4.78, 5) is 24.2. The molecule has 110 valence electrons. The Balaban J connectivity index is 1.75. The van der Waals surface area contributed by atoms with Gasteiger partial charge in [0.05, 0.1) is 25.9 Å². The maximum atomic E-state index is 11.9. The topological polar surface area (TPSA) is 96.7 Å². The third kappa shape index (κ3) is 3.70. The monoisotopic (exact) mass is 282 g/mol. The van der Waals surface area contributed by atoms with Gasteiger partial charge in [-0.25, -0.2) is 9.59 Å².